The zero-order chi connectivity index (χ0) is 12.1. The van der Waals surface area contributed by atoms with E-state index in [0.717, 1.165) is 21.6 Å². The molecular formula is C7H12ClNO4S2. The number of carbonyl (C=O) groups is 2. The minimum atomic E-state index is -1.08. The Morgan fingerprint density at radius 2 is 2.07 bits per heavy atom. The maximum Gasteiger partial charge on any atom is 0.377 e. The molecule has 0 aromatic heterocycles. The van der Waals surface area contributed by atoms with Crippen molar-refractivity contribution < 1.29 is 19.4 Å². The highest BCUT2D eigenvalue weighted by molar-refractivity contribution is 8.82. The maximum absolute atomic E-state index is 10.9. The van der Waals surface area contributed by atoms with E-state index in [9.17, 15) is 9.59 Å². The van der Waals surface area contributed by atoms with Crippen molar-refractivity contribution in [2.75, 3.05) is 7.11 Å². The van der Waals surface area contributed by atoms with Crippen molar-refractivity contribution in [3.8, 4) is 0 Å². The summed E-state index contributed by atoms with van der Waals surface area (Å²) in [7, 11) is 3.19. The van der Waals surface area contributed by atoms with Crippen LogP contribution in [-0.2, 0) is 9.53 Å². The third-order valence-electron chi connectivity index (χ3n) is 1.54. The van der Waals surface area contributed by atoms with Crippen molar-refractivity contribution in [1.82, 2.24) is 4.84 Å². The summed E-state index contributed by atoms with van der Waals surface area (Å²) in [5.41, 5.74) is 0. The van der Waals surface area contributed by atoms with Crippen LogP contribution in [0.15, 0.2) is 0 Å². The van der Waals surface area contributed by atoms with Crippen molar-refractivity contribution >= 4 is 44.6 Å². The van der Waals surface area contributed by atoms with Crippen molar-refractivity contribution in [1.29, 1.82) is 0 Å². The molecule has 0 saturated carbocycles. The average molecular weight is 274 g/mol. The van der Waals surface area contributed by atoms with Crippen molar-refractivity contribution in [3.05, 3.63) is 0 Å². The molecule has 1 atom stereocenters. The van der Waals surface area contributed by atoms with Gasteiger partial charge in [-0.1, -0.05) is 10.8 Å². The smallest absolute Gasteiger partial charge is 0.377 e. The van der Waals surface area contributed by atoms with E-state index in [-0.39, 0.29) is 0 Å². The van der Waals surface area contributed by atoms with Gasteiger partial charge in [-0.05, 0) is 25.6 Å². The Hall–Kier alpha value is -0.110. The number of rotatable bonds is 5. The Labute approximate surface area is 101 Å². The summed E-state index contributed by atoms with van der Waals surface area (Å²) in [5, 5.41) is 8.37. The minimum absolute atomic E-state index is 0.480. The van der Waals surface area contributed by atoms with E-state index in [0.29, 0.717) is 0 Å². The first-order valence-corrected chi connectivity index (χ1v) is 6.40. The van der Waals surface area contributed by atoms with E-state index < -0.39 is 22.1 Å². The van der Waals surface area contributed by atoms with Crippen LogP contribution in [0.5, 0.6) is 0 Å². The summed E-state index contributed by atoms with van der Waals surface area (Å²) in [6.45, 7) is 3.34. The highest BCUT2D eigenvalue weighted by atomic mass is 35.5. The number of hydrogen-bond acceptors (Lipinski definition) is 6. The second-order valence-corrected chi connectivity index (χ2v) is 6.04. The van der Waals surface area contributed by atoms with E-state index >= 15 is 0 Å². The molecule has 2 N–H and O–H groups in total. The van der Waals surface area contributed by atoms with Gasteiger partial charge in [-0.25, -0.2) is 9.63 Å². The van der Waals surface area contributed by atoms with Gasteiger partial charge in [0.1, 0.15) is 6.04 Å². The Balaban J connectivity index is 4.38. The molecule has 15 heavy (non-hydrogen) atoms. The molecule has 0 radical (unpaired) electrons. The summed E-state index contributed by atoms with van der Waals surface area (Å²) in [6, 6.07) is -0.957. The van der Waals surface area contributed by atoms with Gasteiger partial charge in [-0.2, -0.15) is 0 Å². The van der Waals surface area contributed by atoms with Crippen LogP contribution in [0.1, 0.15) is 13.8 Å². The van der Waals surface area contributed by atoms with Gasteiger partial charge in [0.25, 0.3) is 0 Å². The van der Waals surface area contributed by atoms with Gasteiger partial charge in [0.2, 0.25) is 0 Å². The number of carbonyl (C=O) groups excluding carboxylic acids is 1. The Kier molecular flexibility index (Phi) is 6.42. The van der Waals surface area contributed by atoms with Crippen molar-refractivity contribution in [3.63, 3.8) is 0 Å². The molecule has 0 bridgehead atoms. The lowest BCUT2D eigenvalue weighted by atomic mass is 10.1. The lowest BCUT2D eigenvalue weighted by molar-refractivity contribution is -0.139. The number of methoxy groups -OCH3 is 1. The topological polar surface area (TPSA) is 75.6 Å². The lowest BCUT2D eigenvalue weighted by Gasteiger charge is -2.28. The second kappa shape index (κ2) is 6.47. The quantitative estimate of drug-likeness (QED) is 0.451. The summed E-state index contributed by atoms with van der Waals surface area (Å²) < 4.78 is 3.68. The van der Waals surface area contributed by atoms with Gasteiger partial charge in [-0.3, -0.25) is 4.79 Å². The van der Waals surface area contributed by atoms with Crippen LogP contribution in [0.3, 0.4) is 0 Å². The SMILES string of the molecule is COC(=O)SSC(C)(C)C(NCl)C(=O)O. The summed E-state index contributed by atoms with van der Waals surface area (Å²) in [4.78, 5) is 23.8. The molecular weight excluding hydrogens is 262 g/mol. The first kappa shape index (κ1) is 14.9. The standard InChI is InChI=1S/C7H12ClNO4S2/c1-7(2,4(9-8)5(10)11)15-14-6(12)13-3/h4,9H,1-3H3,(H,10,11). The molecule has 0 saturated heterocycles. The van der Waals surface area contributed by atoms with E-state index in [1.54, 1.807) is 13.8 Å². The van der Waals surface area contributed by atoms with Crippen LogP contribution in [0, 0.1) is 0 Å². The summed E-state index contributed by atoms with van der Waals surface area (Å²) in [6.07, 6.45) is 0. The molecule has 0 amide bonds. The fourth-order valence-electron chi connectivity index (χ4n) is 0.699. The zero-order valence-electron chi connectivity index (χ0n) is 8.44. The number of aliphatic carboxylic acids is 1. The molecule has 8 heteroatoms. The molecule has 0 rings (SSSR count). The second-order valence-electron chi connectivity index (χ2n) is 3.10. The number of carboxylic acid groups (broad SMARTS) is 1. The van der Waals surface area contributed by atoms with Gasteiger partial charge in [0, 0.05) is 15.5 Å². The fourth-order valence-corrected chi connectivity index (χ4v) is 3.08. The van der Waals surface area contributed by atoms with E-state index in [1.165, 1.54) is 7.11 Å². The van der Waals surface area contributed by atoms with Gasteiger partial charge in [0.15, 0.2) is 0 Å². The molecule has 0 aliphatic carbocycles. The van der Waals surface area contributed by atoms with E-state index in [2.05, 4.69) is 9.57 Å². The maximum atomic E-state index is 10.9. The number of ether oxygens (including phenoxy) is 1. The minimum Gasteiger partial charge on any atom is -0.480 e. The molecule has 0 aromatic rings. The van der Waals surface area contributed by atoms with Crippen molar-refractivity contribution in [2.24, 2.45) is 0 Å². The Morgan fingerprint density at radius 3 is 2.40 bits per heavy atom. The first-order valence-electron chi connectivity index (χ1n) is 3.87. The van der Waals surface area contributed by atoms with Gasteiger partial charge < -0.3 is 9.84 Å². The first-order chi connectivity index (χ1) is 6.85. The molecule has 5 nitrogen and oxygen atoms in total. The zero-order valence-corrected chi connectivity index (χ0v) is 10.8. The molecule has 0 aliphatic rings. The number of carboxylic acids is 1. The van der Waals surface area contributed by atoms with E-state index in [4.69, 9.17) is 16.9 Å². The summed E-state index contributed by atoms with van der Waals surface area (Å²) >= 11 is 5.33. The molecule has 0 aliphatic heterocycles. The third-order valence-corrected chi connectivity index (χ3v) is 4.76. The molecule has 0 spiro atoms. The third kappa shape index (κ3) is 4.96. The number of nitrogens with one attached hydrogen (secondary N) is 1. The van der Waals surface area contributed by atoms with Crippen LogP contribution in [-0.4, -0.2) is 34.3 Å². The molecule has 0 fully saturated rings. The fraction of sp³-hybridized carbons (Fsp3) is 0.714. The van der Waals surface area contributed by atoms with Gasteiger partial charge >= 0.3 is 11.3 Å². The van der Waals surface area contributed by atoms with Crippen LogP contribution in [0.25, 0.3) is 0 Å². The number of hydrogen-bond donors (Lipinski definition) is 2. The number of halogens is 1. The molecule has 88 valence electrons. The highest BCUT2D eigenvalue weighted by Crippen LogP contribution is 2.39. The Bertz CT molecular complexity index is 249. The molecule has 1 unspecified atom stereocenters. The van der Waals surface area contributed by atoms with Gasteiger partial charge in [-0.15, -0.1) is 0 Å². The van der Waals surface area contributed by atoms with E-state index in [1.807, 2.05) is 0 Å². The largest absolute Gasteiger partial charge is 0.480 e. The highest BCUT2D eigenvalue weighted by Gasteiger charge is 2.36. The van der Waals surface area contributed by atoms with Crippen LogP contribution >= 0.6 is 33.4 Å². The Morgan fingerprint density at radius 1 is 1.53 bits per heavy atom. The average Bonchev–Trinajstić information content (AvgIpc) is 2.14. The van der Waals surface area contributed by atoms with Crippen LogP contribution in [0.2, 0.25) is 0 Å². The predicted molar refractivity (Wildman–Crippen MR) is 62.1 cm³/mol. The lowest BCUT2D eigenvalue weighted by Crippen LogP contribution is -2.46. The van der Waals surface area contributed by atoms with Gasteiger partial charge in [0.05, 0.1) is 7.11 Å². The summed E-state index contributed by atoms with van der Waals surface area (Å²) in [5.74, 6) is -1.08. The van der Waals surface area contributed by atoms with Crippen molar-refractivity contribution in [2.45, 2.75) is 24.6 Å². The van der Waals surface area contributed by atoms with Crippen LogP contribution in [0.4, 0.5) is 4.79 Å². The molecule has 0 heterocycles. The predicted octanol–water partition coefficient (Wildman–Crippen LogP) is 2.11. The normalized spacial score (nSPS) is 13.3. The van der Waals surface area contributed by atoms with Crippen LogP contribution < -0.4 is 4.84 Å². The monoisotopic (exact) mass is 273 g/mol. The molecule has 0 aromatic carbocycles.